The van der Waals surface area contributed by atoms with Crippen LogP contribution in [-0.2, 0) is 0 Å². The van der Waals surface area contributed by atoms with Crippen LogP contribution in [0.2, 0.25) is 0 Å². The second-order valence-electron chi connectivity index (χ2n) is 4.16. The van der Waals surface area contributed by atoms with E-state index in [1.807, 2.05) is 6.92 Å². The second kappa shape index (κ2) is 5.83. The van der Waals surface area contributed by atoms with Crippen LogP contribution in [0.3, 0.4) is 0 Å². The number of rotatable bonds is 4. The standard InChI is InChI=1S/C14H13N3O3/c1-10(11-2-8-14(18)9-3-11)15-16-12-4-6-13(7-5-12)17(19)20/h2-9,16,18H,1H3/b15-10+. The molecule has 0 aliphatic rings. The number of nitro groups is 1. The van der Waals surface area contributed by atoms with Crippen molar-refractivity contribution in [2.45, 2.75) is 6.92 Å². The summed E-state index contributed by atoms with van der Waals surface area (Å²) in [5.74, 6) is 0.199. The number of phenols is 1. The van der Waals surface area contributed by atoms with Gasteiger partial charge in [-0.3, -0.25) is 15.5 Å². The Morgan fingerprint density at radius 2 is 1.75 bits per heavy atom. The number of phenolic OH excluding ortho intramolecular Hbond substituents is 1. The predicted octanol–water partition coefficient (Wildman–Crippen LogP) is 3.14. The summed E-state index contributed by atoms with van der Waals surface area (Å²) in [6, 6.07) is 12.7. The normalized spacial score (nSPS) is 11.2. The Bertz CT molecular complexity index is 634. The molecule has 2 aromatic carbocycles. The van der Waals surface area contributed by atoms with Crippen LogP contribution in [0.5, 0.6) is 5.75 Å². The number of benzene rings is 2. The van der Waals surface area contributed by atoms with Crippen molar-refractivity contribution in [1.29, 1.82) is 0 Å². The third kappa shape index (κ3) is 3.32. The van der Waals surface area contributed by atoms with E-state index in [1.165, 1.54) is 12.1 Å². The third-order valence-corrected chi connectivity index (χ3v) is 2.72. The molecule has 0 aliphatic heterocycles. The number of nitro benzene ring substituents is 1. The number of non-ortho nitro benzene ring substituents is 1. The molecular weight excluding hydrogens is 258 g/mol. The number of nitrogens with one attached hydrogen (secondary N) is 1. The maximum Gasteiger partial charge on any atom is 0.269 e. The van der Waals surface area contributed by atoms with Crippen molar-refractivity contribution in [3.63, 3.8) is 0 Å². The first kappa shape index (κ1) is 13.5. The fourth-order valence-corrected chi connectivity index (χ4v) is 1.57. The highest BCUT2D eigenvalue weighted by atomic mass is 16.6. The van der Waals surface area contributed by atoms with E-state index in [0.29, 0.717) is 5.69 Å². The Kier molecular flexibility index (Phi) is 3.95. The van der Waals surface area contributed by atoms with E-state index in [-0.39, 0.29) is 11.4 Å². The molecule has 6 heteroatoms. The lowest BCUT2D eigenvalue weighted by Gasteiger charge is -2.03. The number of hydrazone groups is 1. The van der Waals surface area contributed by atoms with Gasteiger partial charge in [0.15, 0.2) is 0 Å². The lowest BCUT2D eigenvalue weighted by Crippen LogP contribution is -1.99. The Hall–Kier alpha value is -2.89. The molecule has 0 spiro atoms. The van der Waals surface area contributed by atoms with E-state index >= 15 is 0 Å². The lowest BCUT2D eigenvalue weighted by atomic mass is 10.1. The molecule has 102 valence electrons. The van der Waals surface area contributed by atoms with Crippen molar-refractivity contribution in [1.82, 2.24) is 0 Å². The molecule has 0 heterocycles. The predicted molar refractivity (Wildman–Crippen MR) is 77.0 cm³/mol. The van der Waals surface area contributed by atoms with E-state index in [2.05, 4.69) is 10.5 Å². The zero-order valence-corrected chi connectivity index (χ0v) is 10.8. The highest BCUT2D eigenvalue weighted by Crippen LogP contribution is 2.16. The Labute approximate surface area is 115 Å². The van der Waals surface area contributed by atoms with Crippen molar-refractivity contribution in [2.75, 3.05) is 5.43 Å². The summed E-state index contributed by atoms with van der Waals surface area (Å²) >= 11 is 0. The van der Waals surface area contributed by atoms with Crippen LogP contribution in [0.25, 0.3) is 0 Å². The Balaban J connectivity index is 2.08. The summed E-state index contributed by atoms with van der Waals surface area (Å²) in [6.07, 6.45) is 0. The van der Waals surface area contributed by atoms with Crippen LogP contribution in [0.15, 0.2) is 53.6 Å². The molecule has 0 radical (unpaired) electrons. The van der Waals surface area contributed by atoms with Gasteiger partial charge in [0.1, 0.15) is 5.75 Å². The summed E-state index contributed by atoms with van der Waals surface area (Å²) in [6.45, 7) is 1.82. The first-order valence-corrected chi connectivity index (χ1v) is 5.90. The van der Waals surface area contributed by atoms with Crippen LogP contribution in [0, 0.1) is 10.1 Å². The molecule has 0 fully saturated rings. The summed E-state index contributed by atoms with van der Waals surface area (Å²) < 4.78 is 0. The van der Waals surface area contributed by atoms with E-state index in [1.54, 1.807) is 36.4 Å². The van der Waals surface area contributed by atoms with Gasteiger partial charge in [-0.25, -0.2) is 0 Å². The summed E-state index contributed by atoms with van der Waals surface area (Å²) in [5.41, 5.74) is 5.14. The summed E-state index contributed by atoms with van der Waals surface area (Å²) in [5, 5.41) is 23.9. The van der Waals surface area contributed by atoms with Gasteiger partial charge in [0, 0.05) is 12.1 Å². The zero-order valence-electron chi connectivity index (χ0n) is 10.8. The molecule has 2 N–H and O–H groups in total. The van der Waals surface area contributed by atoms with Gasteiger partial charge in [-0.2, -0.15) is 5.10 Å². The molecule has 6 nitrogen and oxygen atoms in total. The van der Waals surface area contributed by atoms with Crippen LogP contribution >= 0.6 is 0 Å². The van der Waals surface area contributed by atoms with Gasteiger partial charge in [-0.1, -0.05) is 0 Å². The van der Waals surface area contributed by atoms with Gasteiger partial charge < -0.3 is 5.11 Å². The molecule has 2 aromatic rings. The van der Waals surface area contributed by atoms with Crippen LogP contribution < -0.4 is 5.43 Å². The van der Waals surface area contributed by atoms with E-state index < -0.39 is 4.92 Å². The Morgan fingerprint density at radius 1 is 1.15 bits per heavy atom. The van der Waals surface area contributed by atoms with Gasteiger partial charge in [0.2, 0.25) is 0 Å². The average molecular weight is 271 g/mol. The van der Waals surface area contributed by atoms with Crippen LogP contribution in [-0.4, -0.2) is 15.7 Å². The molecule has 0 aliphatic carbocycles. The van der Waals surface area contributed by atoms with Crippen molar-refractivity contribution < 1.29 is 10.0 Å². The molecular formula is C14H13N3O3. The molecule has 0 aromatic heterocycles. The van der Waals surface area contributed by atoms with Gasteiger partial charge in [0.25, 0.3) is 5.69 Å². The molecule has 0 bridgehead atoms. The van der Waals surface area contributed by atoms with Crippen LogP contribution in [0.1, 0.15) is 12.5 Å². The van der Waals surface area contributed by atoms with Crippen molar-refractivity contribution in [3.05, 3.63) is 64.2 Å². The average Bonchev–Trinajstić information content (AvgIpc) is 2.46. The van der Waals surface area contributed by atoms with Gasteiger partial charge in [-0.15, -0.1) is 0 Å². The topological polar surface area (TPSA) is 87.8 Å². The van der Waals surface area contributed by atoms with Crippen molar-refractivity contribution in [2.24, 2.45) is 5.10 Å². The number of aromatic hydroxyl groups is 1. The van der Waals surface area contributed by atoms with Gasteiger partial charge in [-0.05, 0) is 48.9 Å². The molecule has 0 saturated carbocycles. The number of anilines is 1. The Morgan fingerprint density at radius 3 is 2.30 bits per heavy atom. The largest absolute Gasteiger partial charge is 0.508 e. The molecule has 0 unspecified atom stereocenters. The molecule has 20 heavy (non-hydrogen) atoms. The minimum atomic E-state index is -0.450. The molecule has 0 amide bonds. The second-order valence-corrected chi connectivity index (χ2v) is 4.16. The third-order valence-electron chi connectivity index (χ3n) is 2.72. The molecule has 0 saturated heterocycles. The minimum Gasteiger partial charge on any atom is -0.508 e. The number of nitrogens with zero attached hydrogens (tertiary/aromatic N) is 2. The highest BCUT2D eigenvalue weighted by molar-refractivity contribution is 5.99. The van der Waals surface area contributed by atoms with Gasteiger partial charge in [0.05, 0.1) is 16.3 Å². The van der Waals surface area contributed by atoms with Crippen molar-refractivity contribution >= 4 is 17.1 Å². The van der Waals surface area contributed by atoms with Crippen molar-refractivity contribution in [3.8, 4) is 5.75 Å². The zero-order chi connectivity index (χ0) is 14.5. The number of hydrogen-bond donors (Lipinski definition) is 2. The summed E-state index contributed by atoms with van der Waals surface area (Å²) in [4.78, 5) is 10.1. The quantitative estimate of drug-likeness (QED) is 0.508. The maximum atomic E-state index is 10.5. The van der Waals surface area contributed by atoms with Gasteiger partial charge >= 0.3 is 0 Å². The monoisotopic (exact) mass is 271 g/mol. The first-order valence-electron chi connectivity index (χ1n) is 5.90. The number of hydrogen-bond acceptors (Lipinski definition) is 5. The molecule has 2 rings (SSSR count). The fraction of sp³-hybridized carbons (Fsp3) is 0.0714. The smallest absolute Gasteiger partial charge is 0.269 e. The lowest BCUT2D eigenvalue weighted by molar-refractivity contribution is -0.384. The fourth-order valence-electron chi connectivity index (χ4n) is 1.57. The van der Waals surface area contributed by atoms with E-state index in [9.17, 15) is 15.2 Å². The summed E-state index contributed by atoms with van der Waals surface area (Å²) in [7, 11) is 0. The highest BCUT2D eigenvalue weighted by Gasteiger charge is 2.03. The minimum absolute atomic E-state index is 0.0368. The molecule has 0 atom stereocenters. The van der Waals surface area contributed by atoms with E-state index in [4.69, 9.17) is 0 Å². The first-order chi connectivity index (χ1) is 9.56. The van der Waals surface area contributed by atoms with Crippen LogP contribution in [0.4, 0.5) is 11.4 Å². The SMILES string of the molecule is C/C(=N\Nc1ccc([N+](=O)[O-])cc1)c1ccc(O)cc1. The van der Waals surface area contributed by atoms with E-state index in [0.717, 1.165) is 11.3 Å². The maximum absolute atomic E-state index is 10.5.